The Labute approximate surface area is 89.8 Å². The van der Waals surface area contributed by atoms with E-state index in [-0.39, 0.29) is 5.02 Å². The van der Waals surface area contributed by atoms with Gasteiger partial charge in [0, 0.05) is 5.39 Å². The lowest BCUT2D eigenvalue weighted by atomic mass is 10.1. The van der Waals surface area contributed by atoms with Crippen molar-refractivity contribution in [2.75, 3.05) is 0 Å². The largest absolute Gasteiger partial charge is 0.410 e. The predicted octanol–water partition coefficient (Wildman–Crippen LogP) is 2.50. The van der Waals surface area contributed by atoms with Gasteiger partial charge in [-0.15, -0.1) is 0 Å². The first kappa shape index (κ1) is 9.79. The standard InChI is InChI=1S/C9H6ClN3O2/c1-5-2-3-7-6(4-5)8(10)9(12-11-7)13(14)15/h2-4H,1H3. The molecule has 0 fully saturated rings. The van der Waals surface area contributed by atoms with Gasteiger partial charge < -0.3 is 10.1 Å². The summed E-state index contributed by atoms with van der Waals surface area (Å²) in [4.78, 5) is 9.93. The number of fused-ring (bicyclic) bond motifs is 1. The van der Waals surface area contributed by atoms with Crippen LogP contribution in [0.25, 0.3) is 10.9 Å². The average molecular weight is 224 g/mol. The van der Waals surface area contributed by atoms with E-state index in [2.05, 4.69) is 10.2 Å². The van der Waals surface area contributed by atoms with Crippen molar-refractivity contribution in [1.82, 2.24) is 10.2 Å². The fourth-order valence-electron chi connectivity index (χ4n) is 1.30. The number of hydrogen-bond acceptors (Lipinski definition) is 4. The molecular formula is C9H6ClN3O2. The van der Waals surface area contributed by atoms with Crippen LogP contribution in [0.2, 0.25) is 5.02 Å². The smallest absolute Gasteiger partial charge is 0.358 e. The number of nitrogens with zero attached hydrogens (tertiary/aromatic N) is 3. The highest BCUT2D eigenvalue weighted by Crippen LogP contribution is 2.29. The van der Waals surface area contributed by atoms with E-state index >= 15 is 0 Å². The Kier molecular flexibility index (Phi) is 2.24. The van der Waals surface area contributed by atoms with Gasteiger partial charge in [-0.3, -0.25) is 0 Å². The summed E-state index contributed by atoms with van der Waals surface area (Å²) in [5, 5.41) is 18.3. The van der Waals surface area contributed by atoms with Gasteiger partial charge in [-0.2, -0.15) is 0 Å². The zero-order valence-electron chi connectivity index (χ0n) is 7.77. The number of aromatic nitrogens is 2. The third-order valence-corrected chi connectivity index (χ3v) is 2.38. The third-order valence-electron chi connectivity index (χ3n) is 2.01. The van der Waals surface area contributed by atoms with Gasteiger partial charge in [0.2, 0.25) is 0 Å². The van der Waals surface area contributed by atoms with E-state index in [0.29, 0.717) is 10.9 Å². The van der Waals surface area contributed by atoms with E-state index in [1.807, 2.05) is 13.0 Å². The Balaban J connectivity index is 2.82. The summed E-state index contributed by atoms with van der Waals surface area (Å²) in [5.74, 6) is -0.408. The van der Waals surface area contributed by atoms with Crippen molar-refractivity contribution < 1.29 is 4.92 Å². The quantitative estimate of drug-likeness (QED) is 0.550. The van der Waals surface area contributed by atoms with Gasteiger partial charge in [-0.25, -0.2) is 0 Å². The van der Waals surface area contributed by atoms with Crippen LogP contribution in [0.1, 0.15) is 5.56 Å². The Morgan fingerprint density at radius 1 is 1.40 bits per heavy atom. The van der Waals surface area contributed by atoms with Gasteiger partial charge in [0.15, 0.2) is 5.02 Å². The van der Waals surface area contributed by atoms with Gasteiger partial charge in [0.1, 0.15) is 5.52 Å². The van der Waals surface area contributed by atoms with E-state index < -0.39 is 10.7 Å². The lowest BCUT2D eigenvalue weighted by molar-refractivity contribution is -0.389. The molecule has 2 rings (SSSR count). The van der Waals surface area contributed by atoms with E-state index in [0.717, 1.165) is 5.56 Å². The second-order valence-corrected chi connectivity index (χ2v) is 3.49. The van der Waals surface area contributed by atoms with Crippen molar-refractivity contribution in [2.24, 2.45) is 0 Å². The molecule has 1 heterocycles. The van der Waals surface area contributed by atoms with Gasteiger partial charge in [-0.05, 0) is 29.1 Å². The molecule has 1 aromatic carbocycles. The van der Waals surface area contributed by atoms with E-state index in [1.54, 1.807) is 12.1 Å². The summed E-state index contributed by atoms with van der Waals surface area (Å²) < 4.78 is 0. The lowest BCUT2D eigenvalue weighted by Gasteiger charge is -1.99. The first-order valence-corrected chi connectivity index (χ1v) is 4.54. The summed E-state index contributed by atoms with van der Waals surface area (Å²) in [6, 6.07) is 5.33. The van der Waals surface area contributed by atoms with Crippen molar-refractivity contribution in [1.29, 1.82) is 0 Å². The minimum absolute atomic E-state index is 0.0358. The van der Waals surface area contributed by atoms with E-state index in [4.69, 9.17) is 11.6 Å². The molecule has 0 unspecified atom stereocenters. The van der Waals surface area contributed by atoms with Gasteiger partial charge in [0.25, 0.3) is 0 Å². The van der Waals surface area contributed by atoms with Crippen LogP contribution in [0, 0.1) is 17.0 Å². The highest BCUT2D eigenvalue weighted by Gasteiger charge is 2.18. The number of hydrogen-bond donors (Lipinski definition) is 0. The van der Waals surface area contributed by atoms with Crippen LogP contribution in [0.5, 0.6) is 0 Å². The number of nitro groups is 1. The molecule has 76 valence electrons. The molecule has 0 amide bonds. The normalized spacial score (nSPS) is 10.5. The van der Waals surface area contributed by atoms with Crippen LogP contribution >= 0.6 is 11.6 Å². The number of rotatable bonds is 1. The maximum Gasteiger partial charge on any atom is 0.410 e. The van der Waals surface area contributed by atoms with E-state index in [1.165, 1.54) is 0 Å². The molecule has 0 saturated carbocycles. The van der Waals surface area contributed by atoms with Crippen LogP contribution < -0.4 is 0 Å². The minimum atomic E-state index is -0.642. The molecule has 1 aromatic heterocycles. The van der Waals surface area contributed by atoms with Crippen LogP contribution in [0.4, 0.5) is 5.82 Å². The maximum atomic E-state index is 10.6. The Morgan fingerprint density at radius 3 is 2.80 bits per heavy atom. The van der Waals surface area contributed by atoms with Crippen LogP contribution in [0.15, 0.2) is 18.2 Å². The summed E-state index contributed by atoms with van der Waals surface area (Å²) >= 11 is 5.86. The first-order valence-electron chi connectivity index (χ1n) is 4.16. The summed E-state index contributed by atoms with van der Waals surface area (Å²) in [7, 11) is 0. The van der Waals surface area contributed by atoms with Crippen molar-refractivity contribution in [3.05, 3.63) is 38.9 Å². The molecule has 0 N–H and O–H groups in total. The number of aryl methyl sites for hydroxylation is 1. The van der Waals surface area contributed by atoms with Crippen LogP contribution in [-0.4, -0.2) is 15.1 Å². The summed E-state index contributed by atoms with van der Waals surface area (Å²) in [5.41, 5.74) is 1.52. The lowest BCUT2D eigenvalue weighted by Crippen LogP contribution is -1.96. The summed E-state index contributed by atoms with van der Waals surface area (Å²) in [6.45, 7) is 1.88. The zero-order chi connectivity index (χ0) is 11.0. The molecule has 0 spiro atoms. The molecular weight excluding hydrogens is 218 g/mol. The monoisotopic (exact) mass is 223 g/mol. The molecule has 15 heavy (non-hydrogen) atoms. The molecule has 0 radical (unpaired) electrons. The van der Waals surface area contributed by atoms with E-state index in [9.17, 15) is 10.1 Å². The zero-order valence-corrected chi connectivity index (χ0v) is 8.52. The van der Waals surface area contributed by atoms with Crippen molar-refractivity contribution in [2.45, 2.75) is 6.92 Å². The van der Waals surface area contributed by atoms with Crippen LogP contribution in [0.3, 0.4) is 0 Å². The fourth-order valence-corrected chi connectivity index (χ4v) is 1.55. The fraction of sp³-hybridized carbons (Fsp3) is 0.111. The topological polar surface area (TPSA) is 68.9 Å². The van der Waals surface area contributed by atoms with Crippen molar-refractivity contribution in [3.8, 4) is 0 Å². The average Bonchev–Trinajstić information content (AvgIpc) is 2.19. The SMILES string of the molecule is Cc1ccc2nnc([N+](=O)[O-])c(Cl)c2c1. The summed E-state index contributed by atoms with van der Waals surface area (Å²) in [6.07, 6.45) is 0. The molecule has 0 aliphatic heterocycles. The number of benzene rings is 1. The van der Waals surface area contributed by atoms with Gasteiger partial charge in [0.05, 0.1) is 5.10 Å². The highest BCUT2D eigenvalue weighted by atomic mass is 35.5. The highest BCUT2D eigenvalue weighted by molar-refractivity contribution is 6.37. The first-order chi connectivity index (χ1) is 7.09. The van der Waals surface area contributed by atoms with Crippen molar-refractivity contribution >= 4 is 28.3 Å². The Hall–Kier alpha value is -1.75. The number of halogens is 1. The molecule has 2 aromatic rings. The maximum absolute atomic E-state index is 10.6. The second-order valence-electron chi connectivity index (χ2n) is 3.12. The van der Waals surface area contributed by atoms with Crippen LogP contribution in [-0.2, 0) is 0 Å². The molecule has 5 nitrogen and oxygen atoms in total. The van der Waals surface area contributed by atoms with Gasteiger partial charge >= 0.3 is 5.82 Å². The minimum Gasteiger partial charge on any atom is -0.358 e. The molecule has 0 saturated heterocycles. The third kappa shape index (κ3) is 1.61. The Morgan fingerprint density at radius 2 is 2.13 bits per heavy atom. The Bertz CT molecular complexity index is 556. The molecule has 0 aliphatic carbocycles. The van der Waals surface area contributed by atoms with Crippen molar-refractivity contribution in [3.63, 3.8) is 0 Å². The molecule has 6 heteroatoms. The second kappa shape index (κ2) is 3.43. The molecule has 0 aliphatic rings. The molecule has 0 bridgehead atoms. The predicted molar refractivity (Wildman–Crippen MR) is 55.9 cm³/mol. The molecule has 0 atom stereocenters. The van der Waals surface area contributed by atoms with Gasteiger partial charge in [-0.1, -0.05) is 23.2 Å².